The van der Waals surface area contributed by atoms with E-state index < -0.39 is 0 Å². The fourth-order valence-electron chi connectivity index (χ4n) is 1.46. The third-order valence-corrected chi connectivity index (χ3v) is 2.43. The van der Waals surface area contributed by atoms with Crippen molar-refractivity contribution in [2.45, 2.75) is 26.2 Å². The standard InChI is InChI=1S/C13H16N2O2/c1-13(2,3)12-14-11(17-15-12)9-7-5-6-8-10(9)16-4/h5-8H,1-4H3. The maximum Gasteiger partial charge on any atom is 0.261 e. The van der Waals surface area contributed by atoms with E-state index in [-0.39, 0.29) is 5.41 Å². The molecule has 0 atom stereocenters. The first-order valence-corrected chi connectivity index (χ1v) is 5.50. The summed E-state index contributed by atoms with van der Waals surface area (Å²) in [4.78, 5) is 4.40. The van der Waals surface area contributed by atoms with Gasteiger partial charge in [-0.05, 0) is 12.1 Å². The van der Waals surface area contributed by atoms with Crippen LogP contribution in [-0.4, -0.2) is 17.3 Å². The summed E-state index contributed by atoms with van der Waals surface area (Å²) < 4.78 is 10.5. The van der Waals surface area contributed by atoms with Gasteiger partial charge in [-0.2, -0.15) is 4.98 Å². The van der Waals surface area contributed by atoms with Crippen LogP contribution in [0.15, 0.2) is 28.8 Å². The molecule has 1 aromatic heterocycles. The maximum atomic E-state index is 5.28. The number of rotatable bonds is 2. The van der Waals surface area contributed by atoms with Gasteiger partial charge in [0, 0.05) is 5.41 Å². The predicted octanol–water partition coefficient (Wildman–Crippen LogP) is 3.04. The summed E-state index contributed by atoms with van der Waals surface area (Å²) in [6.45, 7) is 6.14. The summed E-state index contributed by atoms with van der Waals surface area (Å²) in [5, 5.41) is 4.00. The van der Waals surface area contributed by atoms with Gasteiger partial charge in [0.2, 0.25) is 0 Å². The van der Waals surface area contributed by atoms with Gasteiger partial charge in [-0.25, -0.2) is 0 Å². The van der Waals surface area contributed by atoms with E-state index in [0.717, 1.165) is 11.3 Å². The Hall–Kier alpha value is -1.84. The van der Waals surface area contributed by atoms with Gasteiger partial charge in [-0.1, -0.05) is 38.1 Å². The summed E-state index contributed by atoms with van der Waals surface area (Å²) in [7, 11) is 1.62. The molecule has 17 heavy (non-hydrogen) atoms. The number of methoxy groups -OCH3 is 1. The van der Waals surface area contributed by atoms with Crippen LogP contribution in [0.3, 0.4) is 0 Å². The molecule has 0 bridgehead atoms. The monoisotopic (exact) mass is 232 g/mol. The minimum atomic E-state index is -0.121. The Labute approximate surface area is 101 Å². The second kappa shape index (κ2) is 4.20. The number of hydrogen-bond acceptors (Lipinski definition) is 4. The van der Waals surface area contributed by atoms with Crippen molar-refractivity contribution in [3.05, 3.63) is 30.1 Å². The second-order valence-electron chi connectivity index (χ2n) is 4.87. The molecular weight excluding hydrogens is 216 g/mol. The Morgan fingerprint density at radius 2 is 1.88 bits per heavy atom. The molecule has 0 unspecified atom stereocenters. The highest BCUT2D eigenvalue weighted by Crippen LogP contribution is 2.29. The molecule has 0 aliphatic carbocycles. The van der Waals surface area contributed by atoms with Gasteiger partial charge >= 0.3 is 0 Å². The Morgan fingerprint density at radius 3 is 2.47 bits per heavy atom. The van der Waals surface area contributed by atoms with Crippen LogP contribution in [0.5, 0.6) is 5.75 Å². The number of benzene rings is 1. The average molecular weight is 232 g/mol. The molecule has 0 aliphatic rings. The van der Waals surface area contributed by atoms with E-state index in [1.165, 1.54) is 0 Å². The van der Waals surface area contributed by atoms with Gasteiger partial charge < -0.3 is 9.26 Å². The summed E-state index contributed by atoms with van der Waals surface area (Å²) >= 11 is 0. The van der Waals surface area contributed by atoms with Crippen LogP contribution >= 0.6 is 0 Å². The fourth-order valence-corrected chi connectivity index (χ4v) is 1.46. The van der Waals surface area contributed by atoms with E-state index in [0.29, 0.717) is 11.7 Å². The van der Waals surface area contributed by atoms with Crippen molar-refractivity contribution in [1.82, 2.24) is 10.1 Å². The smallest absolute Gasteiger partial charge is 0.261 e. The molecule has 2 rings (SSSR count). The van der Waals surface area contributed by atoms with Gasteiger partial charge in [-0.15, -0.1) is 0 Å². The molecule has 0 radical (unpaired) electrons. The van der Waals surface area contributed by atoms with Crippen LogP contribution in [0.1, 0.15) is 26.6 Å². The van der Waals surface area contributed by atoms with E-state index in [9.17, 15) is 0 Å². The van der Waals surface area contributed by atoms with Crippen molar-refractivity contribution in [3.63, 3.8) is 0 Å². The van der Waals surface area contributed by atoms with Gasteiger partial charge in [-0.3, -0.25) is 0 Å². The number of ether oxygens (including phenoxy) is 1. The largest absolute Gasteiger partial charge is 0.496 e. The third kappa shape index (κ3) is 2.30. The molecular formula is C13H16N2O2. The van der Waals surface area contributed by atoms with Gasteiger partial charge in [0.1, 0.15) is 5.75 Å². The van der Waals surface area contributed by atoms with Crippen molar-refractivity contribution in [2.24, 2.45) is 0 Å². The van der Waals surface area contributed by atoms with Crippen LogP contribution in [0.2, 0.25) is 0 Å². The Bertz CT molecular complexity index is 512. The lowest BCUT2D eigenvalue weighted by Crippen LogP contribution is -2.13. The van der Waals surface area contributed by atoms with Crippen LogP contribution < -0.4 is 4.74 Å². The molecule has 90 valence electrons. The molecule has 4 heteroatoms. The normalized spacial score (nSPS) is 11.5. The SMILES string of the molecule is COc1ccccc1-c1nc(C(C)(C)C)no1. The molecule has 0 saturated carbocycles. The fraction of sp³-hybridized carbons (Fsp3) is 0.385. The van der Waals surface area contributed by atoms with Crippen LogP contribution in [0, 0.1) is 0 Å². The number of nitrogens with zero attached hydrogens (tertiary/aromatic N) is 2. The van der Waals surface area contributed by atoms with Crippen LogP contribution in [-0.2, 0) is 5.41 Å². The molecule has 0 N–H and O–H groups in total. The summed E-state index contributed by atoms with van der Waals surface area (Å²) in [5.74, 6) is 1.92. The molecule has 4 nitrogen and oxygen atoms in total. The number of aromatic nitrogens is 2. The third-order valence-electron chi connectivity index (χ3n) is 2.43. The Morgan fingerprint density at radius 1 is 1.18 bits per heavy atom. The van der Waals surface area contributed by atoms with E-state index in [1.54, 1.807) is 7.11 Å². The summed E-state index contributed by atoms with van der Waals surface area (Å²) in [6, 6.07) is 7.59. The number of hydrogen-bond donors (Lipinski definition) is 0. The molecule has 0 spiro atoms. The predicted molar refractivity (Wildman–Crippen MR) is 65.0 cm³/mol. The van der Waals surface area contributed by atoms with Crippen LogP contribution in [0.4, 0.5) is 0 Å². The second-order valence-corrected chi connectivity index (χ2v) is 4.87. The molecule has 0 fully saturated rings. The number of para-hydroxylation sites is 1. The molecule has 0 aliphatic heterocycles. The maximum absolute atomic E-state index is 5.28. The highest BCUT2D eigenvalue weighted by Gasteiger charge is 2.22. The lowest BCUT2D eigenvalue weighted by Gasteiger charge is -2.10. The minimum Gasteiger partial charge on any atom is -0.496 e. The molecule has 0 amide bonds. The first kappa shape index (κ1) is 11.6. The van der Waals surface area contributed by atoms with Crippen molar-refractivity contribution in [1.29, 1.82) is 0 Å². The molecule has 2 aromatic rings. The van der Waals surface area contributed by atoms with E-state index in [1.807, 2.05) is 45.0 Å². The van der Waals surface area contributed by atoms with Crippen molar-refractivity contribution >= 4 is 0 Å². The van der Waals surface area contributed by atoms with E-state index in [2.05, 4.69) is 10.1 Å². The molecule has 1 heterocycles. The first-order chi connectivity index (χ1) is 8.02. The zero-order valence-electron chi connectivity index (χ0n) is 10.5. The van der Waals surface area contributed by atoms with E-state index in [4.69, 9.17) is 9.26 Å². The molecule has 1 aromatic carbocycles. The van der Waals surface area contributed by atoms with Gasteiger partial charge in [0.15, 0.2) is 5.82 Å². The molecule has 0 saturated heterocycles. The topological polar surface area (TPSA) is 48.2 Å². The van der Waals surface area contributed by atoms with Crippen molar-refractivity contribution in [3.8, 4) is 17.2 Å². The first-order valence-electron chi connectivity index (χ1n) is 5.50. The average Bonchev–Trinajstić information content (AvgIpc) is 2.77. The minimum absolute atomic E-state index is 0.121. The zero-order valence-corrected chi connectivity index (χ0v) is 10.5. The highest BCUT2D eigenvalue weighted by molar-refractivity contribution is 5.62. The zero-order chi connectivity index (χ0) is 12.5. The van der Waals surface area contributed by atoms with Gasteiger partial charge in [0.25, 0.3) is 5.89 Å². The van der Waals surface area contributed by atoms with Crippen LogP contribution in [0.25, 0.3) is 11.5 Å². The van der Waals surface area contributed by atoms with Gasteiger partial charge in [0.05, 0.1) is 12.7 Å². The summed E-state index contributed by atoms with van der Waals surface area (Å²) in [6.07, 6.45) is 0. The Kier molecular flexibility index (Phi) is 2.88. The van der Waals surface area contributed by atoms with Crippen molar-refractivity contribution in [2.75, 3.05) is 7.11 Å². The van der Waals surface area contributed by atoms with Crippen molar-refractivity contribution < 1.29 is 9.26 Å². The quantitative estimate of drug-likeness (QED) is 0.798. The Balaban J connectivity index is 2.44. The van der Waals surface area contributed by atoms with E-state index >= 15 is 0 Å². The lowest BCUT2D eigenvalue weighted by molar-refractivity contribution is 0.393. The summed E-state index contributed by atoms with van der Waals surface area (Å²) in [5.41, 5.74) is 0.696. The lowest BCUT2D eigenvalue weighted by atomic mass is 9.96. The highest BCUT2D eigenvalue weighted by atomic mass is 16.5.